The van der Waals surface area contributed by atoms with Gasteiger partial charge < -0.3 is 15.5 Å². The molecule has 0 radical (unpaired) electrons. The fraction of sp³-hybridized carbons (Fsp3) is 0.364. The Labute approximate surface area is 159 Å². The third-order valence-electron chi connectivity index (χ3n) is 5.47. The Morgan fingerprint density at radius 2 is 1.89 bits per heavy atom. The number of fused-ring (bicyclic) bond motifs is 2. The molecule has 1 aliphatic carbocycles. The van der Waals surface area contributed by atoms with E-state index in [0.717, 1.165) is 41.9 Å². The average molecular weight is 363 g/mol. The zero-order valence-corrected chi connectivity index (χ0v) is 15.7. The Bertz CT molecular complexity index is 891. The molecule has 140 valence electrons. The second kappa shape index (κ2) is 7.43. The highest BCUT2D eigenvalue weighted by atomic mass is 16.2. The summed E-state index contributed by atoms with van der Waals surface area (Å²) in [5, 5.41) is 6.26. The largest absolute Gasteiger partial charge is 0.376 e. The Morgan fingerprint density at radius 1 is 1.04 bits per heavy atom. The number of nitrogens with zero attached hydrogens (tertiary/aromatic N) is 1. The molecule has 5 nitrogen and oxygen atoms in total. The molecule has 2 amide bonds. The van der Waals surface area contributed by atoms with Gasteiger partial charge in [0.25, 0.3) is 0 Å². The molecule has 2 aliphatic rings. The molecule has 1 aliphatic heterocycles. The summed E-state index contributed by atoms with van der Waals surface area (Å²) in [5.41, 5.74) is 6.68. The molecule has 5 heteroatoms. The van der Waals surface area contributed by atoms with Gasteiger partial charge in [0.2, 0.25) is 11.8 Å². The van der Waals surface area contributed by atoms with Crippen LogP contribution in [0.5, 0.6) is 0 Å². The van der Waals surface area contributed by atoms with Gasteiger partial charge in [0.15, 0.2) is 0 Å². The molecule has 2 aromatic rings. The third kappa shape index (κ3) is 3.68. The lowest BCUT2D eigenvalue weighted by atomic mass is 9.90. The molecule has 0 aromatic heterocycles. The Balaban J connectivity index is 1.39. The van der Waals surface area contributed by atoms with E-state index < -0.39 is 0 Å². The van der Waals surface area contributed by atoms with Crippen LogP contribution in [0.25, 0.3) is 0 Å². The van der Waals surface area contributed by atoms with Crippen LogP contribution in [0.1, 0.15) is 36.5 Å². The smallest absolute Gasteiger partial charge is 0.243 e. The Hall–Kier alpha value is -2.82. The van der Waals surface area contributed by atoms with Crippen LogP contribution in [0.2, 0.25) is 0 Å². The predicted octanol–water partition coefficient (Wildman–Crippen LogP) is 3.53. The number of anilines is 3. The number of carbonyl (C=O) groups excluding carboxylic acids is 2. The monoisotopic (exact) mass is 363 g/mol. The van der Waals surface area contributed by atoms with Crippen molar-refractivity contribution in [1.82, 2.24) is 0 Å². The molecule has 4 rings (SSSR count). The second-order valence-corrected chi connectivity index (χ2v) is 7.32. The van der Waals surface area contributed by atoms with E-state index in [1.807, 2.05) is 18.2 Å². The van der Waals surface area contributed by atoms with Crippen molar-refractivity contribution in [2.24, 2.45) is 0 Å². The van der Waals surface area contributed by atoms with Crippen molar-refractivity contribution in [3.05, 3.63) is 53.1 Å². The molecular weight excluding hydrogens is 338 g/mol. The minimum Gasteiger partial charge on any atom is -0.376 e. The first-order valence-electron chi connectivity index (χ1n) is 9.67. The van der Waals surface area contributed by atoms with Crippen LogP contribution in [-0.4, -0.2) is 24.9 Å². The number of rotatable bonds is 4. The molecule has 0 fully saturated rings. The number of amides is 2. The summed E-state index contributed by atoms with van der Waals surface area (Å²) in [6.07, 6.45) is 5.49. The summed E-state index contributed by atoms with van der Waals surface area (Å²) in [5.74, 6) is -0.00860. The van der Waals surface area contributed by atoms with Crippen molar-refractivity contribution < 1.29 is 9.59 Å². The van der Waals surface area contributed by atoms with Gasteiger partial charge >= 0.3 is 0 Å². The molecule has 0 bridgehead atoms. The van der Waals surface area contributed by atoms with Crippen LogP contribution >= 0.6 is 0 Å². The molecular formula is C22H25N3O2. The van der Waals surface area contributed by atoms with Gasteiger partial charge in [-0.1, -0.05) is 12.1 Å². The van der Waals surface area contributed by atoms with Crippen LogP contribution in [-0.2, 0) is 28.9 Å². The zero-order chi connectivity index (χ0) is 18.8. The van der Waals surface area contributed by atoms with Crippen molar-refractivity contribution in [2.45, 2.75) is 39.0 Å². The maximum atomic E-state index is 12.4. The quantitative estimate of drug-likeness (QED) is 0.874. The lowest BCUT2D eigenvalue weighted by Gasteiger charge is -2.20. The molecule has 0 spiro atoms. The number of hydrogen-bond acceptors (Lipinski definition) is 3. The predicted molar refractivity (Wildman–Crippen MR) is 108 cm³/mol. The highest BCUT2D eigenvalue weighted by Crippen LogP contribution is 2.31. The van der Waals surface area contributed by atoms with Crippen molar-refractivity contribution >= 4 is 28.9 Å². The number of benzene rings is 2. The van der Waals surface area contributed by atoms with Gasteiger partial charge in [-0.05, 0) is 73.1 Å². The standard InChI is InChI=1S/C22H25N3O2/c1-15(26)25-12-11-17-13-18(9-10-21(17)25)24-22(27)14-23-20-8-4-6-16-5-2-3-7-19(16)20/h4,6,8-10,13,23H,2-3,5,7,11-12,14H2,1H3,(H,24,27). The summed E-state index contributed by atoms with van der Waals surface area (Å²) < 4.78 is 0. The fourth-order valence-corrected chi connectivity index (χ4v) is 4.13. The van der Waals surface area contributed by atoms with Crippen LogP contribution in [0.4, 0.5) is 17.1 Å². The first kappa shape index (κ1) is 17.6. The topological polar surface area (TPSA) is 61.4 Å². The first-order valence-corrected chi connectivity index (χ1v) is 9.67. The van der Waals surface area contributed by atoms with Crippen LogP contribution in [0.3, 0.4) is 0 Å². The Kier molecular flexibility index (Phi) is 4.84. The van der Waals surface area contributed by atoms with Crippen LogP contribution in [0, 0.1) is 0 Å². The highest BCUT2D eigenvalue weighted by molar-refractivity contribution is 5.96. The lowest BCUT2D eigenvalue weighted by Crippen LogP contribution is -2.25. The summed E-state index contributed by atoms with van der Waals surface area (Å²) >= 11 is 0. The van der Waals surface area contributed by atoms with Crippen LogP contribution in [0.15, 0.2) is 36.4 Å². The molecule has 27 heavy (non-hydrogen) atoms. The minimum absolute atomic E-state index is 0.0564. The van der Waals surface area contributed by atoms with Gasteiger partial charge in [0, 0.05) is 30.5 Å². The maximum absolute atomic E-state index is 12.4. The summed E-state index contributed by atoms with van der Waals surface area (Å²) in [4.78, 5) is 25.8. The minimum atomic E-state index is -0.0650. The number of aryl methyl sites for hydroxylation is 1. The average Bonchev–Trinajstić information content (AvgIpc) is 3.10. The zero-order valence-electron chi connectivity index (χ0n) is 15.7. The number of carbonyl (C=O) groups is 2. The third-order valence-corrected chi connectivity index (χ3v) is 5.47. The van der Waals surface area contributed by atoms with E-state index in [-0.39, 0.29) is 18.4 Å². The van der Waals surface area contributed by atoms with E-state index in [2.05, 4.69) is 28.8 Å². The van der Waals surface area contributed by atoms with Gasteiger partial charge in [0.1, 0.15) is 0 Å². The normalized spacial score (nSPS) is 15.1. The Morgan fingerprint density at radius 3 is 2.74 bits per heavy atom. The van der Waals surface area contributed by atoms with Gasteiger partial charge in [-0.25, -0.2) is 0 Å². The molecule has 2 aromatic carbocycles. The molecule has 0 saturated heterocycles. The van der Waals surface area contributed by atoms with Crippen molar-refractivity contribution in [3.63, 3.8) is 0 Å². The lowest BCUT2D eigenvalue weighted by molar-refractivity contribution is -0.116. The van der Waals surface area contributed by atoms with Gasteiger partial charge in [0.05, 0.1) is 6.54 Å². The molecule has 2 N–H and O–H groups in total. The van der Waals surface area contributed by atoms with Crippen molar-refractivity contribution in [2.75, 3.05) is 28.6 Å². The molecule has 1 heterocycles. The second-order valence-electron chi connectivity index (χ2n) is 7.32. The van der Waals surface area contributed by atoms with E-state index in [1.54, 1.807) is 11.8 Å². The number of nitrogens with one attached hydrogen (secondary N) is 2. The van der Waals surface area contributed by atoms with E-state index in [0.29, 0.717) is 6.54 Å². The van der Waals surface area contributed by atoms with Crippen molar-refractivity contribution in [3.8, 4) is 0 Å². The maximum Gasteiger partial charge on any atom is 0.243 e. The van der Waals surface area contributed by atoms with E-state index in [9.17, 15) is 9.59 Å². The van der Waals surface area contributed by atoms with E-state index in [1.165, 1.54) is 24.0 Å². The van der Waals surface area contributed by atoms with Gasteiger partial charge in [-0.3, -0.25) is 9.59 Å². The van der Waals surface area contributed by atoms with Crippen LogP contribution < -0.4 is 15.5 Å². The summed E-state index contributed by atoms with van der Waals surface area (Å²) in [7, 11) is 0. The van der Waals surface area contributed by atoms with Gasteiger partial charge in [-0.15, -0.1) is 0 Å². The van der Waals surface area contributed by atoms with E-state index in [4.69, 9.17) is 0 Å². The first-order chi connectivity index (χ1) is 13.1. The fourth-order valence-electron chi connectivity index (χ4n) is 4.13. The molecule has 0 unspecified atom stereocenters. The highest BCUT2D eigenvalue weighted by Gasteiger charge is 2.22. The van der Waals surface area contributed by atoms with E-state index >= 15 is 0 Å². The number of hydrogen-bond donors (Lipinski definition) is 2. The SMILES string of the molecule is CC(=O)N1CCc2cc(NC(=O)CNc3cccc4c3CCCC4)ccc21. The van der Waals surface area contributed by atoms with Gasteiger partial charge in [-0.2, -0.15) is 0 Å². The summed E-state index contributed by atoms with van der Waals surface area (Å²) in [6, 6.07) is 12.1. The summed E-state index contributed by atoms with van der Waals surface area (Å²) in [6.45, 7) is 2.54. The molecule has 0 saturated carbocycles. The van der Waals surface area contributed by atoms with Crippen molar-refractivity contribution in [1.29, 1.82) is 0 Å². The molecule has 0 atom stereocenters.